The maximum absolute atomic E-state index is 11.7. The highest BCUT2D eigenvalue weighted by molar-refractivity contribution is 5.57. The molecule has 84 valence electrons. The first-order valence-electron chi connectivity index (χ1n) is 5.46. The van der Waals surface area contributed by atoms with Crippen molar-refractivity contribution >= 4 is 0 Å². The van der Waals surface area contributed by atoms with Crippen molar-refractivity contribution in [2.45, 2.75) is 26.7 Å². The van der Waals surface area contributed by atoms with Crippen molar-refractivity contribution < 1.29 is 0 Å². The first-order chi connectivity index (χ1) is 7.72. The Morgan fingerprint density at radius 1 is 1.44 bits per heavy atom. The number of nitrogens with one attached hydrogen (secondary N) is 2. The molecular weight excluding hydrogens is 202 g/mol. The van der Waals surface area contributed by atoms with Crippen LogP contribution in [0.3, 0.4) is 0 Å². The SMILES string of the molecule is CCCc1nc(-c2ccc[nH]2)c(C)c(=O)[nH]1. The van der Waals surface area contributed by atoms with E-state index >= 15 is 0 Å². The summed E-state index contributed by atoms with van der Waals surface area (Å²) in [5.74, 6) is 0.753. The third-order valence-electron chi connectivity index (χ3n) is 2.54. The first-order valence-corrected chi connectivity index (χ1v) is 5.46. The van der Waals surface area contributed by atoms with Gasteiger partial charge in [-0.3, -0.25) is 4.79 Å². The molecule has 2 heterocycles. The zero-order valence-electron chi connectivity index (χ0n) is 9.50. The van der Waals surface area contributed by atoms with E-state index in [0.29, 0.717) is 5.56 Å². The van der Waals surface area contributed by atoms with Crippen molar-refractivity contribution in [3.63, 3.8) is 0 Å². The minimum atomic E-state index is -0.0527. The van der Waals surface area contributed by atoms with Crippen LogP contribution in [0.2, 0.25) is 0 Å². The van der Waals surface area contributed by atoms with Crippen molar-refractivity contribution in [1.29, 1.82) is 0 Å². The van der Waals surface area contributed by atoms with E-state index in [2.05, 4.69) is 21.9 Å². The van der Waals surface area contributed by atoms with Crippen molar-refractivity contribution in [2.24, 2.45) is 0 Å². The lowest BCUT2D eigenvalue weighted by Gasteiger charge is -2.05. The molecule has 0 saturated heterocycles. The standard InChI is InChI=1S/C12H15N3O/c1-3-5-10-14-11(8(2)12(16)15-10)9-6-4-7-13-9/h4,6-7,13H,3,5H2,1-2H3,(H,14,15,16). The van der Waals surface area contributed by atoms with Crippen molar-refractivity contribution in [3.8, 4) is 11.4 Å². The minimum Gasteiger partial charge on any atom is -0.360 e. The molecule has 0 fully saturated rings. The average molecular weight is 217 g/mol. The number of hydrogen-bond acceptors (Lipinski definition) is 2. The highest BCUT2D eigenvalue weighted by Crippen LogP contribution is 2.16. The number of aromatic amines is 2. The number of aryl methyl sites for hydroxylation is 1. The second-order valence-electron chi connectivity index (χ2n) is 3.82. The van der Waals surface area contributed by atoms with Gasteiger partial charge in [-0.15, -0.1) is 0 Å². The van der Waals surface area contributed by atoms with Crippen LogP contribution in [0.25, 0.3) is 11.4 Å². The van der Waals surface area contributed by atoms with Gasteiger partial charge < -0.3 is 9.97 Å². The highest BCUT2D eigenvalue weighted by Gasteiger charge is 2.09. The topological polar surface area (TPSA) is 61.5 Å². The molecule has 2 rings (SSSR count). The molecule has 0 radical (unpaired) electrons. The van der Waals surface area contributed by atoms with Crippen molar-refractivity contribution in [3.05, 3.63) is 40.1 Å². The lowest BCUT2D eigenvalue weighted by atomic mass is 10.2. The normalized spacial score (nSPS) is 10.6. The van der Waals surface area contributed by atoms with Gasteiger partial charge in [-0.2, -0.15) is 0 Å². The number of rotatable bonds is 3. The molecule has 2 N–H and O–H groups in total. The van der Waals surface area contributed by atoms with Gasteiger partial charge in [0.05, 0.1) is 11.4 Å². The molecule has 0 bridgehead atoms. The number of hydrogen-bond donors (Lipinski definition) is 2. The van der Waals surface area contributed by atoms with Crippen LogP contribution >= 0.6 is 0 Å². The number of H-pyrrole nitrogens is 2. The lowest BCUT2D eigenvalue weighted by Crippen LogP contribution is -2.16. The van der Waals surface area contributed by atoms with Gasteiger partial charge in [0.1, 0.15) is 5.82 Å². The third kappa shape index (κ3) is 1.91. The minimum absolute atomic E-state index is 0.0527. The maximum Gasteiger partial charge on any atom is 0.254 e. The van der Waals surface area contributed by atoms with Crippen molar-refractivity contribution in [1.82, 2.24) is 15.0 Å². The van der Waals surface area contributed by atoms with Crippen LogP contribution in [0, 0.1) is 6.92 Å². The van der Waals surface area contributed by atoms with Crippen molar-refractivity contribution in [2.75, 3.05) is 0 Å². The Hall–Kier alpha value is -1.84. The summed E-state index contributed by atoms with van der Waals surface area (Å²) in [6.45, 7) is 3.85. The fraction of sp³-hybridized carbons (Fsp3) is 0.333. The van der Waals surface area contributed by atoms with Gasteiger partial charge in [-0.05, 0) is 25.5 Å². The van der Waals surface area contributed by atoms with E-state index in [-0.39, 0.29) is 5.56 Å². The second kappa shape index (κ2) is 4.35. The Kier molecular flexibility index (Phi) is 2.90. The quantitative estimate of drug-likeness (QED) is 0.826. The fourth-order valence-corrected chi connectivity index (χ4v) is 1.67. The summed E-state index contributed by atoms with van der Waals surface area (Å²) >= 11 is 0. The molecule has 2 aromatic rings. The average Bonchev–Trinajstić information content (AvgIpc) is 2.76. The molecule has 0 unspecified atom stereocenters. The second-order valence-corrected chi connectivity index (χ2v) is 3.82. The van der Waals surface area contributed by atoms with Gasteiger partial charge in [0.2, 0.25) is 0 Å². The smallest absolute Gasteiger partial charge is 0.254 e. The molecule has 0 aliphatic heterocycles. The molecule has 4 heteroatoms. The molecule has 4 nitrogen and oxygen atoms in total. The summed E-state index contributed by atoms with van der Waals surface area (Å²) < 4.78 is 0. The Morgan fingerprint density at radius 2 is 2.25 bits per heavy atom. The van der Waals surface area contributed by atoms with E-state index in [4.69, 9.17) is 0 Å². The molecular formula is C12H15N3O. The Labute approximate surface area is 93.8 Å². The predicted octanol–water partition coefficient (Wildman–Crippen LogP) is 2.03. The largest absolute Gasteiger partial charge is 0.360 e. The van der Waals surface area contributed by atoms with Gasteiger partial charge in [0, 0.05) is 18.2 Å². The van der Waals surface area contributed by atoms with Crippen LogP contribution in [0.1, 0.15) is 24.7 Å². The Bertz CT molecular complexity index is 526. The van der Waals surface area contributed by atoms with Crippen LogP contribution in [0.5, 0.6) is 0 Å². The molecule has 0 atom stereocenters. The van der Waals surface area contributed by atoms with Gasteiger partial charge in [0.15, 0.2) is 0 Å². The van der Waals surface area contributed by atoms with E-state index in [9.17, 15) is 4.79 Å². The summed E-state index contributed by atoms with van der Waals surface area (Å²) in [7, 11) is 0. The number of nitrogens with zero attached hydrogens (tertiary/aromatic N) is 1. The lowest BCUT2D eigenvalue weighted by molar-refractivity contribution is 0.822. The summed E-state index contributed by atoms with van der Waals surface area (Å²) in [6.07, 6.45) is 3.59. The van der Waals surface area contributed by atoms with Gasteiger partial charge in [-0.25, -0.2) is 4.98 Å². The molecule has 0 aliphatic carbocycles. The van der Waals surface area contributed by atoms with E-state index in [0.717, 1.165) is 30.1 Å². The van der Waals surface area contributed by atoms with Gasteiger partial charge >= 0.3 is 0 Å². The Balaban J connectivity index is 2.56. The first kappa shape index (κ1) is 10.7. The van der Waals surface area contributed by atoms with E-state index in [1.54, 1.807) is 6.92 Å². The molecule has 2 aromatic heterocycles. The number of aromatic nitrogens is 3. The molecule has 0 amide bonds. The fourth-order valence-electron chi connectivity index (χ4n) is 1.67. The summed E-state index contributed by atoms with van der Waals surface area (Å²) in [6, 6.07) is 3.82. The molecule has 0 aliphatic rings. The summed E-state index contributed by atoms with van der Waals surface area (Å²) in [5.41, 5.74) is 2.24. The van der Waals surface area contributed by atoms with E-state index in [1.165, 1.54) is 0 Å². The Morgan fingerprint density at radius 3 is 2.88 bits per heavy atom. The maximum atomic E-state index is 11.7. The summed E-state index contributed by atoms with van der Waals surface area (Å²) in [5, 5.41) is 0. The van der Waals surface area contributed by atoms with Gasteiger partial charge in [0.25, 0.3) is 5.56 Å². The molecule has 0 saturated carbocycles. The van der Waals surface area contributed by atoms with Crippen LogP contribution in [-0.4, -0.2) is 15.0 Å². The molecule has 0 spiro atoms. The van der Waals surface area contributed by atoms with Gasteiger partial charge in [-0.1, -0.05) is 6.92 Å². The van der Waals surface area contributed by atoms with Crippen LogP contribution in [-0.2, 0) is 6.42 Å². The monoisotopic (exact) mass is 217 g/mol. The van der Waals surface area contributed by atoms with Crippen LogP contribution in [0.4, 0.5) is 0 Å². The molecule has 0 aromatic carbocycles. The third-order valence-corrected chi connectivity index (χ3v) is 2.54. The van der Waals surface area contributed by atoms with Crippen LogP contribution in [0.15, 0.2) is 23.1 Å². The predicted molar refractivity (Wildman–Crippen MR) is 63.4 cm³/mol. The molecule has 16 heavy (non-hydrogen) atoms. The van der Waals surface area contributed by atoms with Crippen LogP contribution < -0.4 is 5.56 Å². The summed E-state index contributed by atoms with van der Waals surface area (Å²) in [4.78, 5) is 22.1. The zero-order chi connectivity index (χ0) is 11.5. The zero-order valence-corrected chi connectivity index (χ0v) is 9.50. The highest BCUT2D eigenvalue weighted by atomic mass is 16.1. The van der Waals surface area contributed by atoms with E-state index in [1.807, 2.05) is 18.3 Å². The van der Waals surface area contributed by atoms with E-state index < -0.39 is 0 Å².